The summed E-state index contributed by atoms with van der Waals surface area (Å²) in [6.45, 7) is 0. The van der Waals surface area contributed by atoms with E-state index in [4.69, 9.17) is 38.9 Å². The van der Waals surface area contributed by atoms with E-state index in [1.807, 2.05) is 0 Å². The van der Waals surface area contributed by atoms with E-state index in [1.54, 1.807) is 0 Å². The van der Waals surface area contributed by atoms with Gasteiger partial charge in [0.15, 0.2) is 0 Å². The average Bonchev–Trinajstić information content (AvgIpc) is 1.54. The molecular formula is H3Al2Cl3O9S3. The van der Waals surface area contributed by atoms with Crippen molar-refractivity contribution in [3.63, 3.8) is 0 Å². The Bertz CT molecular complexity index is 222. The van der Waals surface area contributed by atoms with Gasteiger partial charge in [0, 0.05) is 33.0 Å². The van der Waals surface area contributed by atoms with Crippen LogP contribution in [0.3, 0.4) is 0 Å². The standard InChI is InChI=1S/2Al.3ClH.3HO3S/c;;;;;3*1-4(2)3/h;;3*1H;3*(H,1,2,3)/q2*+3;;;;3*-1/p-3. The molecule has 0 amide bonds. The Labute approximate surface area is 143 Å². The molecule has 0 saturated carbocycles. The molecule has 0 unspecified atom stereocenters. The molecular weight excluding hydrogens is 401 g/mol. The van der Waals surface area contributed by atoms with Crippen LogP contribution in [0.1, 0.15) is 0 Å². The van der Waals surface area contributed by atoms with Crippen LogP contribution in [-0.2, 0) is 58.2 Å². The van der Waals surface area contributed by atoms with Gasteiger partial charge < -0.3 is 76.1 Å². The van der Waals surface area contributed by atoms with E-state index in [0.717, 1.165) is 0 Å². The van der Waals surface area contributed by atoms with E-state index in [-0.39, 0.29) is 71.9 Å². The second-order valence-electron chi connectivity index (χ2n) is 0.651. The quantitative estimate of drug-likeness (QED) is 0.154. The fourth-order valence-corrected chi connectivity index (χ4v) is 0. The van der Waals surface area contributed by atoms with E-state index in [1.165, 1.54) is 0 Å². The van der Waals surface area contributed by atoms with Gasteiger partial charge >= 0.3 is 34.7 Å². The minimum absolute atomic E-state index is 0. The molecule has 9 nitrogen and oxygen atoms in total. The van der Waals surface area contributed by atoms with Crippen molar-refractivity contribution < 1.29 is 76.1 Å². The van der Waals surface area contributed by atoms with Crippen LogP contribution in [0.5, 0.6) is 0 Å². The SMILES string of the molecule is O=[S-](=O)O.O=[S-](=O)O.O=[S-](=O)O.[Al+3].[Al+3].[Cl-].[Cl-].[Cl-]. The third-order valence-corrected chi connectivity index (χ3v) is 0. The van der Waals surface area contributed by atoms with Crippen LogP contribution in [-0.4, -0.2) is 48.4 Å². The first-order valence-electron chi connectivity index (χ1n) is 1.55. The molecule has 0 saturated heterocycles. The molecule has 0 aliphatic carbocycles. The number of hydrogen-bond donors (Lipinski definition) is 3. The summed E-state index contributed by atoms with van der Waals surface area (Å²) in [7, 11) is -8.58. The maximum absolute atomic E-state index is 8.56. The summed E-state index contributed by atoms with van der Waals surface area (Å²) < 4.78 is 72.2. The smallest absolute Gasteiger partial charge is 1.00 e. The van der Waals surface area contributed by atoms with Crippen LogP contribution in [0.4, 0.5) is 0 Å². The molecule has 0 aliphatic rings. The van der Waals surface area contributed by atoms with Gasteiger partial charge in [-0.15, -0.1) is 0 Å². The van der Waals surface area contributed by atoms with Crippen molar-refractivity contribution in [2.75, 3.05) is 0 Å². The van der Waals surface area contributed by atoms with Crippen LogP contribution in [0, 0.1) is 0 Å². The molecule has 0 aromatic heterocycles. The van der Waals surface area contributed by atoms with Crippen molar-refractivity contribution in [3.05, 3.63) is 0 Å². The van der Waals surface area contributed by atoms with Gasteiger partial charge in [-0.2, -0.15) is 0 Å². The summed E-state index contributed by atoms with van der Waals surface area (Å²) in [5.41, 5.74) is 0. The van der Waals surface area contributed by atoms with E-state index >= 15 is 0 Å². The maximum atomic E-state index is 8.56. The third kappa shape index (κ3) is 1560. The zero-order chi connectivity index (χ0) is 10.7. The summed E-state index contributed by atoms with van der Waals surface area (Å²) >= 11 is 0. The van der Waals surface area contributed by atoms with E-state index in [0.29, 0.717) is 0 Å². The Kier molecular flexibility index (Phi) is 130. The van der Waals surface area contributed by atoms with Crippen molar-refractivity contribution in [1.82, 2.24) is 0 Å². The fraction of sp³-hybridized carbons (Fsp3) is 0. The van der Waals surface area contributed by atoms with E-state index in [2.05, 4.69) is 0 Å². The Morgan fingerprint density at radius 1 is 0.471 bits per heavy atom. The summed E-state index contributed by atoms with van der Waals surface area (Å²) in [6.07, 6.45) is 0. The summed E-state index contributed by atoms with van der Waals surface area (Å²) in [4.78, 5) is 0. The van der Waals surface area contributed by atoms with Crippen LogP contribution in [0.2, 0.25) is 0 Å². The monoisotopic (exact) mass is 402 g/mol. The number of hydrogen-bond acceptors (Lipinski definition) is 9. The average molecular weight is 404 g/mol. The van der Waals surface area contributed by atoms with Gasteiger partial charge in [-0.1, -0.05) is 0 Å². The molecule has 3 N–H and O–H groups in total. The van der Waals surface area contributed by atoms with E-state index in [9.17, 15) is 0 Å². The summed E-state index contributed by atoms with van der Waals surface area (Å²) in [6, 6.07) is 0. The van der Waals surface area contributed by atoms with Crippen LogP contribution < -0.4 is 37.2 Å². The Morgan fingerprint density at radius 3 is 0.471 bits per heavy atom. The van der Waals surface area contributed by atoms with Gasteiger partial charge in [-0.25, -0.2) is 0 Å². The predicted molar refractivity (Wildman–Crippen MR) is 45.6 cm³/mol. The minimum Gasteiger partial charge on any atom is -1.00 e. The molecule has 0 bridgehead atoms. The molecule has 0 rings (SSSR count). The molecule has 17 heavy (non-hydrogen) atoms. The summed E-state index contributed by atoms with van der Waals surface area (Å²) in [5, 5.41) is 0. The Hall–Kier alpha value is 1.66. The van der Waals surface area contributed by atoms with Gasteiger partial charge in [0.1, 0.15) is 0 Å². The molecule has 0 heterocycles. The van der Waals surface area contributed by atoms with Gasteiger partial charge in [0.2, 0.25) is 0 Å². The van der Waals surface area contributed by atoms with Crippen molar-refractivity contribution in [1.29, 1.82) is 0 Å². The summed E-state index contributed by atoms with van der Waals surface area (Å²) in [5.74, 6) is 0. The molecule has 102 valence electrons. The zero-order valence-electron chi connectivity index (χ0n) is 7.30. The Morgan fingerprint density at radius 2 is 0.471 bits per heavy atom. The molecule has 0 spiro atoms. The largest absolute Gasteiger partial charge is 3.00 e. The number of rotatable bonds is 0. The van der Waals surface area contributed by atoms with Gasteiger partial charge in [-0.3, -0.25) is 0 Å². The molecule has 0 radical (unpaired) electrons. The normalized spacial score (nSPS) is 6.00. The van der Waals surface area contributed by atoms with Crippen LogP contribution in [0.25, 0.3) is 0 Å². The first-order chi connectivity index (χ1) is 5.20. The molecule has 17 heteroatoms. The maximum Gasteiger partial charge on any atom is 3.00 e. The minimum atomic E-state index is -2.86. The van der Waals surface area contributed by atoms with Crippen molar-refractivity contribution in [2.24, 2.45) is 0 Å². The molecule has 0 atom stereocenters. The van der Waals surface area contributed by atoms with Gasteiger partial charge in [0.05, 0.1) is 0 Å². The Balaban J connectivity index is -0.0000000104. The zero-order valence-corrected chi connectivity index (χ0v) is 14.3. The van der Waals surface area contributed by atoms with E-state index < -0.39 is 33.0 Å². The van der Waals surface area contributed by atoms with Crippen LogP contribution >= 0.6 is 0 Å². The van der Waals surface area contributed by atoms with Crippen LogP contribution in [0.15, 0.2) is 0 Å². The molecule has 0 aliphatic heterocycles. The second kappa shape index (κ2) is 43.1. The van der Waals surface area contributed by atoms with Crippen molar-refractivity contribution >= 4 is 67.7 Å². The molecule has 0 aromatic carbocycles. The second-order valence-corrected chi connectivity index (χ2v) is 1.95. The number of halogens is 3. The first-order valence-corrected chi connectivity index (χ1v) is 4.64. The van der Waals surface area contributed by atoms with Crippen molar-refractivity contribution in [2.45, 2.75) is 0 Å². The van der Waals surface area contributed by atoms with Gasteiger partial charge in [0.25, 0.3) is 0 Å². The molecule has 0 fully saturated rings. The topological polar surface area (TPSA) is 163 Å². The molecule has 0 aromatic rings. The van der Waals surface area contributed by atoms with Gasteiger partial charge in [-0.05, 0) is 0 Å². The fourth-order valence-electron chi connectivity index (χ4n) is 0. The third-order valence-electron chi connectivity index (χ3n) is 0. The van der Waals surface area contributed by atoms with Crippen molar-refractivity contribution in [3.8, 4) is 0 Å². The first kappa shape index (κ1) is 51.2. The predicted octanol–water partition coefficient (Wildman–Crippen LogP) is -10.4.